The van der Waals surface area contributed by atoms with Gasteiger partial charge in [-0.3, -0.25) is 4.99 Å². The van der Waals surface area contributed by atoms with Gasteiger partial charge in [0.25, 0.3) is 0 Å². The van der Waals surface area contributed by atoms with E-state index in [1.807, 2.05) is 6.92 Å². The predicted octanol–water partition coefficient (Wildman–Crippen LogP) is 4.99. The first-order valence-corrected chi connectivity index (χ1v) is 11.8. The summed E-state index contributed by atoms with van der Waals surface area (Å²) in [5.74, 6) is 1.51. The number of nitrogens with one attached hydrogen (secondary N) is 1. The lowest BCUT2D eigenvalue weighted by Crippen LogP contribution is -2.69. The second-order valence-electron chi connectivity index (χ2n) is 10.1. The minimum absolute atomic E-state index is 0.184. The summed E-state index contributed by atoms with van der Waals surface area (Å²) >= 11 is 0. The van der Waals surface area contributed by atoms with Crippen LogP contribution in [0.2, 0.25) is 0 Å². The van der Waals surface area contributed by atoms with Gasteiger partial charge in [-0.15, -0.1) is 0 Å². The monoisotopic (exact) mass is 424 g/mol. The fraction of sp³-hybridized carbons (Fsp3) is 0.640. The predicted molar refractivity (Wildman–Crippen MR) is 117 cm³/mol. The van der Waals surface area contributed by atoms with Crippen molar-refractivity contribution < 1.29 is 19.2 Å². The van der Waals surface area contributed by atoms with Gasteiger partial charge in [-0.05, 0) is 50.2 Å². The summed E-state index contributed by atoms with van der Waals surface area (Å²) in [6.07, 6.45) is 6.69. The average molecular weight is 425 g/mol. The third kappa shape index (κ3) is 2.91. The third-order valence-electron chi connectivity index (χ3n) is 8.32. The van der Waals surface area contributed by atoms with E-state index < -0.39 is 17.7 Å². The molecule has 31 heavy (non-hydrogen) atoms. The molecule has 0 radical (unpaired) electrons. The zero-order valence-electron chi connectivity index (χ0n) is 18.6. The molecule has 2 bridgehead atoms. The summed E-state index contributed by atoms with van der Waals surface area (Å²) in [6.45, 7) is 7.23. The number of fused-ring (bicyclic) bond motifs is 3. The first-order chi connectivity index (χ1) is 15.0. The van der Waals surface area contributed by atoms with Gasteiger partial charge >= 0.3 is 0 Å². The number of ether oxygens (including phenoxy) is 2. The zero-order chi connectivity index (χ0) is 21.2. The van der Waals surface area contributed by atoms with Crippen molar-refractivity contribution in [2.24, 2.45) is 28.7 Å². The minimum atomic E-state index is -0.743. The fourth-order valence-corrected chi connectivity index (χ4v) is 6.58. The van der Waals surface area contributed by atoms with Gasteiger partial charge in [-0.25, -0.2) is 9.78 Å². The van der Waals surface area contributed by atoms with E-state index in [4.69, 9.17) is 24.2 Å². The fourth-order valence-electron chi connectivity index (χ4n) is 6.58. The van der Waals surface area contributed by atoms with Crippen LogP contribution in [-0.2, 0) is 25.7 Å². The molecule has 5 aliphatic rings. The van der Waals surface area contributed by atoms with Gasteiger partial charge in [0.15, 0.2) is 11.5 Å². The molecule has 7 rings (SSSR count). The first-order valence-electron chi connectivity index (χ1n) is 11.8. The Morgan fingerprint density at radius 3 is 2.87 bits per heavy atom. The Morgan fingerprint density at radius 2 is 1.97 bits per heavy atom. The van der Waals surface area contributed by atoms with E-state index in [9.17, 15) is 0 Å². The van der Waals surface area contributed by atoms with E-state index in [1.54, 1.807) is 0 Å². The summed E-state index contributed by atoms with van der Waals surface area (Å²) < 4.78 is 12.9. The standard InChI is InChI=1S/C25H32N2O4/c1-15-8-9-20-16(2)22(26-13-11-17-14-27-21-7-5-4-6-18(17)21)28-23-25(20)19(15)10-12-24(3,29-23)30-31-25/h4-7,14-16,19-20,23,27H,8-13H2,1-3H3. The number of nitrogens with zero attached hydrogens (tertiary/aromatic N) is 1. The van der Waals surface area contributed by atoms with Gasteiger partial charge in [0.2, 0.25) is 12.1 Å². The second kappa shape index (κ2) is 7.06. The number of rotatable bonds is 3. The van der Waals surface area contributed by atoms with Crippen LogP contribution in [0.3, 0.4) is 0 Å². The topological polar surface area (TPSA) is 65.1 Å². The van der Waals surface area contributed by atoms with Crippen LogP contribution in [0.15, 0.2) is 35.5 Å². The number of aliphatic imine (C=N–C) groups is 1. The molecule has 1 aromatic heterocycles. The van der Waals surface area contributed by atoms with Gasteiger partial charge in [0.1, 0.15) is 0 Å². The van der Waals surface area contributed by atoms with E-state index in [-0.39, 0.29) is 5.92 Å². The molecule has 4 aliphatic heterocycles. The lowest BCUT2D eigenvalue weighted by atomic mass is 9.58. The maximum absolute atomic E-state index is 6.48. The van der Waals surface area contributed by atoms with Gasteiger partial charge in [0.05, 0.1) is 0 Å². The molecular weight excluding hydrogens is 392 g/mol. The van der Waals surface area contributed by atoms with E-state index >= 15 is 0 Å². The molecule has 6 heteroatoms. The van der Waals surface area contributed by atoms with Crippen molar-refractivity contribution in [2.45, 2.75) is 70.6 Å². The molecule has 1 aliphatic carbocycles. The normalized spacial score (nSPS) is 42.9. The van der Waals surface area contributed by atoms with E-state index in [0.29, 0.717) is 24.3 Å². The van der Waals surface area contributed by atoms with Crippen LogP contribution in [-0.4, -0.2) is 35.1 Å². The Bertz CT molecular complexity index is 1020. The van der Waals surface area contributed by atoms with Crippen LogP contribution in [0.25, 0.3) is 10.9 Å². The van der Waals surface area contributed by atoms with Gasteiger partial charge in [-0.1, -0.05) is 32.0 Å². The molecule has 7 unspecified atom stereocenters. The van der Waals surface area contributed by atoms with Crippen molar-refractivity contribution in [3.8, 4) is 0 Å². The highest BCUT2D eigenvalue weighted by atomic mass is 17.3. The van der Waals surface area contributed by atoms with Gasteiger partial charge < -0.3 is 14.5 Å². The summed E-state index contributed by atoms with van der Waals surface area (Å²) in [5, 5.41) is 1.27. The number of aromatic nitrogens is 1. The van der Waals surface area contributed by atoms with Crippen LogP contribution in [0.5, 0.6) is 0 Å². The molecule has 4 saturated heterocycles. The molecule has 5 heterocycles. The molecule has 1 N–H and O–H groups in total. The number of benzene rings is 1. The summed E-state index contributed by atoms with van der Waals surface area (Å²) in [6, 6.07) is 8.41. The van der Waals surface area contributed by atoms with Crippen molar-refractivity contribution in [1.29, 1.82) is 0 Å². The lowest BCUT2D eigenvalue weighted by Gasteiger charge is -2.58. The minimum Gasteiger partial charge on any atom is -0.448 e. The van der Waals surface area contributed by atoms with Crippen LogP contribution in [0, 0.1) is 23.7 Å². The summed E-state index contributed by atoms with van der Waals surface area (Å²) in [7, 11) is 0. The largest absolute Gasteiger partial charge is 0.448 e. The lowest BCUT2D eigenvalue weighted by molar-refractivity contribution is -0.557. The Balaban J connectivity index is 1.27. The molecule has 1 saturated carbocycles. The molecule has 6 nitrogen and oxygen atoms in total. The van der Waals surface area contributed by atoms with E-state index in [0.717, 1.165) is 31.6 Å². The van der Waals surface area contributed by atoms with Crippen molar-refractivity contribution in [3.05, 3.63) is 36.0 Å². The molecule has 1 spiro atoms. The smallest absolute Gasteiger partial charge is 0.237 e. The maximum atomic E-state index is 6.48. The number of hydrogen-bond donors (Lipinski definition) is 1. The molecular formula is C25H32N2O4. The maximum Gasteiger partial charge on any atom is 0.237 e. The zero-order valence-corrected chi connectivity index (χ0v) is 18.6. The van der Waals surface area contributed by atoms with Crippen molar-refractivity contribution in [3.63, 3.8) is 0 Å². The molecule has 2 aromatic rings. The quantitative estimate of drug-likeness (QED) is 0.705. The van der Waals surface area contributed by atoms with Crippen molar-refractivity contribution in [1.82, 2.24) is 4.98 Å². The van der Waals surface area contributed by atoms with Crippen molar-refractivity contribution >= 4 is 16.8 Å². The molecule has 5 fully saturated rings. The highest BCUT2D eigenvalue weighted by Gasteiger charge is 2.69. The van der Waals surface area contributed by atoms with E-state index in [2.05, 4.69) is 49.3 Å². The van der Waals surface area contributed by atoms with Crippen molar-refractivity contribution in [2.75, 3.05) is 6.54 Å². The first kappa shape index (κ1) is 19.8. The van der Waals surface area contributed by atoms with Gasteiger partial charge in [-0.2, -0.15) is 0 Å². The highest BCUT2D eigenvalue weighted by Crippen LogP contribution is 2.59. The van der Waals surface area contributed by atoms with E-state index in [1.165, 1.54) is 22.9 Å². The summed E-state index contributed by atoms with van der Waals surface area (Å²) in [5.41, 5.74) is 1.94. The van der Waals surface area contributed by atoms with Crippen LogP contribution in [0.1, 0.15) is 52.0 Å². The third-order valence-corrected chi connectivity index (χ3v) is 8.32. The van der Waals surface area contributed by atoms with Crippen LogP contribution in [0.4, 0.5) is 0 Å². The van der Waals surface area contributed by atoms with Gasteiger partial charge in [0, 0.05) is 47.8 Å². The molecule has 166 valence electrons. The Hall–Kier alpha value is -1.89. The Labute approximate surface area is 183 Å². The molecule has 0 amide bonds. The summed E-state index contributed by atoms with van der Waals surface area (Å²) in [4.78, 5) is 20.4. The molecule has 7 atom stereocenters. The number of para-hydroxylation sites is 1. The molecule has 1 aromatic carbocycles. The van der Waals surface area contributed by atoms with Crippen LogP contribution < -0.4 is 0 Å². The Morgan fingerprint density at radius 1 is 1.10 bits per heavy atom. The number of hydrogen-bond acceptors (Lipinski definition) is 5. The average Bonchev–Trinajstić information content (AvgIpc) is 3.04. The second-order valence-corrected chi connectivity index (χ2v) is 10.1. The Kier molecular flexibility index (Phi) is 4.50. The number of H-pyrrole nitrogens is 1. The SMILES string of the molecule is CC1CCC2C(C)C(=NCCc3c[nH]c4ccccc34)OC3OC4(C)CCC1C32OO4. The highest BCUT2D eigenvalue weighted by molar-refractivity contribution is 5.83. The van der Waals surface area contributed by atoms with Crippen LogP contribution >= 0.6 is 0 Å². The number of aromatic amines is 1.